The molecule has 0 aliphatic heterocycles. The second-order valence-electron chi connectivity index (χ2n) is 3.21. The molecule has 0 bridgehead atoms. The van der Waals surface area contributed by atoms with E-state index < -0.39 is 0 Å². The van der Waals surface area contributed by atoms with Gasteiger partial charge >= 0.3 is 0 Å². The Morgan fingerprint density at radius 1 is 1.29 bits per heavy atom. The van der Waals surface area contributed by atoms with Crippen LogP contribution in [0.4, 0.5) is 0 Å². The maximum absolute atomic E-state index is 3.99. The number of imidazole rings is 1. The van der Waals surface area contributed by atoms with Crippen LogP contribution in [0.5, 0.6) is 0 Å². The molecule has 0 amide bonds. The molecular weight excluding hydrogens is 240 g/mol. The summed E-state index contributed by atoms with van der Waals surface area (Å²) in [5.41, 5.74) is 2.53. The smallest absolute Gasteiger partial charge is 0.0921 e. The molecule has 3 heteroatoms. The van der Waals surface area contributed by atoms with Gasteiger partial charge in [0.15, 0.2) is 0 Å². The summed E-state index contributed by atoms with van der Waals surface area (Å²) in [6, 6.07) is 8.39. The lowest BCUT2D eigenvalue weighted by atomic mass is 10.1. The molecular formula is C11H11BrN2. The van der Waals surface area contributed by atoms with Gasteiger partial charge in [-0.3, -0.25) is 0 Å². The second-order valence-corrected chi connectivity index (χ2v) is 4.12. The van der Waals surface area contributed by atoms with E-state index in [1.54, 1.807) is 6.33 Å². The second kappa shape index (κ2) is 4.42. The molecule has 2 nitrogen and oxygen atoms in total. The van der Waals surface area contributed by atoms with Gasteiger partial charge in [0, 0.05) is 16.4 Å². The van der Waals surface area contributed by atoms with Crippen LogP contribution in [0.15, 0.2) is 41.3 Å². The maximum Gasteiger partial charge on any atom is 0.0921 e. The molecule has 2 rings (SSSR count). The van der Waals surface area contributed by atoms with Crippen LogP contribution in [-0.4, -0.2) is 9.97 Å². The van der Waals surface area contributed by atoms with Crippen LogP contribution < -0.4 is 0 Å². The van der Waals surface area contributed by atoms with E-state index in [-0.39, 0.29) is 0 Å². The predicted molar refractivity (Wildman–Crippen MR) is 60.1 cm³/mol. The van der Waals surface area contributed by atoms with Crippen LogP contribution in [0.1, 0.15) is 11.3 Å². The summed E-state index contributed by atoms with van der Waals surface area (Å²) in [5, 5.41) is 0. The molecule has 1 heterocycles. The monoisotopic (exact) mass is 250 g/mol. The van der Waals surface area contributed by atoms with Crippen molar-refractivity contribution in [3.8, 4) is 0 Å². The van der Waals surface area contributed by atoms with E-state index in [0.717, 1.165) is 17.3 Å². The van der Waals surface area contributed by atoms with Gasteiger partial charge in [0.2, 0.25) is 0 Å². The largest absolute Gasteiger partial charge is 0.348 e. The lowest BCUT2D eigenvalue weighted by Crippen LogP contribution is -1.90. The highest BCUT2D eigenvalue weighted by Gasteiger charge is 1.96. The Kier molecular flexibility index (Phi) is 2.99. The highest BCUT2D eigenvalue weighted by molar-refractivity contribution is 9.10. The van der Waals surface area contributed by atoms with Crippen LogP contribution in [0, 0.1) is 0 Å². The average Bonchev–Trinajstić information content (AvgIpc) is 2.67. The highest BCUT2D eigenvalue weighted by Crippen LogP contribution is 2.13. The van der Waals surface area contributed by atoms with Crippen molar-refractivity contribution in [1.82, 2.24) is 9.97 Å². The Morgan fingerprint density at radius 3 is 2.93 bits per heavy atom. The fraction of sp³-hybridized carbons (Fsp3) is 0.182. The first kappa shape index (κ1) is 9.46. The Labute approximate surface area is 91.5 Å². The zero-order valence-corrected chi connectivity index (χ0v) is 9.29. The molecule has 0 aliphatic carbocycles. The number of hydrogen-bond acceptors (Lipinski definition) is 1. The number of nitrogens with one attached hydrogen (secondary N) is 1. The standard InChI is InChI=1S/C11H11BrN2/c12-10-3-1-2-9(6-10)4-5-11-7-13-8-14-11/h1-3,6-8H,4-5H2,(H,13,14). The lowest BCUT2D eigenvalue weighted by molar-refractivity contribution is 0.925. The SMILES string of the molecule is Brc1cccc(CCc2cnc[nH]2)c1. The van der Waals surface area contributed by atoms with E-state index in [1.807, 2.05) is 12.3 Å². The summed E-state index contributed by atoms with van der Waals surface area (Å²) < 4.78 is 1.14. The van der Waals surface area contributed by atoms with Crippen molar-refractivity contribution >= 4 is 15.9 Å². The number of aromatic amines is 1. The molecule has 0 saturated heterocycles. The summed E-state index contributed by atoms with van der Waals surface area (Å²) in [6.45, 7) is 0. The molecule has 0 spiro atoms. The third-order valence-electron chi connectivity index (χ3n) is 2.13. The van der Waals surface area contributed by atoms with Crippen molar-refractivity contribution in [2.75, 3.05) is 0 Å². The minimum atomic E-state index is 1.01. The Morgan fingerprint density at radius 2 is 2.21 bits per heavy atom. The van der Waals surface area contributed by atoms with Crippen LogP contribution in [0.2, 0.25) is 0 Å². The van der Waals surface area contributed by atoms with Gasteiger partial charge in [-0.05, 0) is 30.5 Å². The first-order chi connectivity index (χ1) is 6.84. The topological polar surface area (TPSA) is 28.7 Å². The summed E-state index contributed by atoms with van der Waals surface area (Å²) in [7, 11) is 0. The summed E-state index contributed by atoms with van der Waals surface area (Å²) in [6.07, 6.45) is 5.65. The lowest BCUT2D eigenvalue weighted by Gasteiger charge is -2.00. The number of aryl methyl sites for hydroxylation is 2. The number of rotatable bonds is 3. The van der Waals surface area contributed by atoms with Gasteiger partial charge in [-0.25, -0.2) is 4.98 Å². The quantitative estimate of drug-likeness (QED) is 0.892. The van der Waals surface area contributed by atoms with Gasteiger partial charge in [-0.1, -0.05) is 28.1 Å². The van der Waals surface area contributed by atoms with Crippen LogP contribution in [0.3, 0.4) is 0 Å². The molecule has 0 atom stereocenters. The molecule has 0 fully saturated rings. The van der Waals surface area contributed by atoms with Crippen molar-refractivity contribution < 1.29 is 0 Å². The number of nitrogens with zero attached hydrogens (tertiary/aromatic N) is 1. The van der Waals surface area contributed by atoms with E-state index in [1.165, 1.54) is 11.3 Å². The van der Waals surface area contributed by atoms with Gasteiger partial charge in [0.05, 0.1) is 6.33 Å². The fourth-order valence-electron chi connectivity index (χ4n) is 1.39. The normalized spacial score (nSPS) is 10.4. The average molecular weight is 251 g/mol. The molecule has 72 valence electrons. The number of halogens is 1. The van der Waals surface area contributed by atoms with Crippen LogP contribution in [0.25, 0.3) is 0 Å². The van der Waals surface area contributed by atoms with E-state index >= 15 is 0 Å². The number of benzene rings is 1. The Bertz CT molecular complexity index is 395. The zero-order valence-electron chi connectivity index (χ0n) is 7.70. The molecule has 0 radical (unpaired) electrons. The van der Waals surface area contributed by atoms with E-state index in [0.29, 0.717) is 0 Å². The molecule has 0 aliphatic rings. The molecule has 1 N–H and O–H groups in total. The van der Waals surface area contributed by atoms with Gasteiger partial charge in [0.1, 0.15) is 0 Å². The van der Waals surface area contributed by atoms with Gasteiger partial charge in [-0.15, -0.1) is 0 Å². The van der Waals surface area contributed by atoms with Gasteiger partial charge in [-0.2, -0.15) is 0 Å². The van der Waals surface area contributed by atoms with Crippen molar-refractivity contribution in [1.29, 1.82) is 0 Å². The molecule has 2 aromatic rings. The summed E-state index contributed by atoms with van der Waals surface area (Å²) in [5.74, 6) is 0. The number of hydrogen-bond donors (Lipinski definition) is 1. The molecule has 0 unspecified atom stereocenters. The highest BCUT2D eigenvalue weighted by atomic mass is 79.9. The van der Waals surface area contributed by atoms with Crippen molar-refractivity contribution in [2.45, 2.75) is 12.8 Å². The zero-order chi connectivity index (χ0) is 9.80. The Balaban J connectivity index is 1.98. The van der Waals surface area contributed by atoms with E-state index in [2.05, 4.69) is 44.1 Å². The van der Waals surface area contributed by atoms with E-state index in [9.17, 15) is 0 Å². The minimum Gasteiger partial charge on any atom is -0.348 e. The fourth-order valence-corrected chi connectivity index (χ4v) is 1.84. The Hall–Kier alpha value is -1.09. The minimum absolute atomic E-state index is 1.01. The molecule has 1 aromatic carbocycles. The first-order valence-corrected chi connectivity index (χ1v) is 5.35. The summed E-state index contributed by atoms with van der Waals surface area (Å²) in [4.78, 5) is 7.09. The molecule has 1 aromatic heterocycles. The number of H-pyrrole nitrogens is 1. The van der Waals surface area contributed by atoms with E-state index in [4.69, 9.17) is 0 Å². The van der Waals surface area contributed by atoms with Crippen LogP contribution in [-0.2, 0) is 12.8 Å². The molecule has 14 heavy (non-hydrogen) atoms. The van der Waals surface area contributed by atoms with Crippen molar-refractivity contribution in [3.05, 3.63) is 52.5 Å². The third-order valence-corrected chi connectivity index (χ3v) is 2.62. The van der Waals surface area contributed by atoms with Gasteiger partial charge < -0.3 is 4.98 Å². The number of aromatic nitrogens is 2. The molecule has 0 saturated carbocycles. The maximum atomic E-state index is 3.99. The predicted octanol–water partition coefficient (Wildman–Crippen LogP) is 2.96. The van der Waals surface area contributed by atoms with Crippen LogP contribution >= 0.6 is 15.9 Å². The van der Waals surface area contributed by atoms with Gasteiger partial charge in [0.25, 0.3) is 0 Å². The van der Waals surface area contributed by atoms with Crippen molar-refractivity contribution in [3.63, 3.8) is 0 Å². The van der Waals surface area contributed by atoms with Crippen molar-refractivity contribution in [2.24, 2.45) is 0 Å². The summed E-state index contributed by atoms with van der Waals surface area (Å²) >= 11 is 3.46. The third kappa shape index (κ3) is 2.45. The first-order valence-electron chi connectivity index (χ1n) is 4.56.